The van der Waals surface area contributed by atoms with Gasteiger partial charge in [0.25, 0.3) is 0 Å². The fraction of sp³-hybridized carbons (Fsp3) is 0.444. The van der Waals surface area contributed by atoms with Gasteiger partial charge in [-0.25, -0.2) is 9.97 Å². The van der Waals surface area contributed by atoms with Gasteiger partial charge < -0.3 is 15.3 Å². The number of aromatic nitrogens is 4. The van der Waals surface area contributed by atoms with Crippen molar-refractivity contribution < 1.29 is 23.1 Å². The quantitative estimate of drug-likeness (QED) is 0.609. The number of carboxylic acids is 1. The molecule has 1 aliphatic heterocycles. The van der Waals surface area contributed by atoms with Crippen molar-refractivity contribution in [3.05, 3.63) is 24.7 Å². The highest BCUT2D eigenvalue weighted by molar-refractivity contribution is 6.09. The van der Waals surface area contributed by atoms with E-state index in [2.05, 4.69) is 25.1 Å². The number of H-pyrrole nitrogens is 1. The Kier molecular flexibility index (Phi) is 6.16. The molecule has 0 aliphatic carbocycles. The van der Waals surface area contributed by atoms with E-state index in [9.17, 15) is 18.0 Å². The lowest BCUT2D eigenvalue weighted by Gasteiger charge is -2.32. The lowest BCUT2D eigenvalue weighted by Crippen LogP contribution is -2.37. The number of nitrogens with one attached hydrogen (secondary N) is 2. The molecule has 156 valence electrons. The molecule has 0 radical (unpaired) electrons. The first-order valence-electron chi connectivity index (χ1n) is 9.06. The van der Waals surface area contributed by atoms with Crippen LogP contribution in [0, 0.1) is 5.92 Å². The molecule has 0 aromatic carbocycles. The topological polar surface area (TPSA) is 107 Å². The minimum Gasteiger partial charge on any atom is -0.481 e. The summed E-state index contributed by atoms with van der Waals surface area (Å²) >= 11 is 0. The van der Waals surface area contributed by atoms with Crippen LogP contribution in [0.5, 0.6) is 0 Å². The Labute approximate surface area is 164 Å². The maximum absolute atomic E-state index is 11.1. The van der Waals surface area contributed by atoms with E-state index in [1.54, 1.807) is 18.6 Å². The first kappa shape index (κ1) is 20.8. The van der Waals surface area contributed by atoms with Crippen molar-refractivity contribution in [1.82, 2.24) is 25.5 Å². The SMILES string of the molecule is CNCC(F)(F)F.O=C(O)C1CCN(c2[nH]ncc3cnc4nccc4c23)CC1. The van der Waals surface area contributed by atoms with E-state index in [4.69, 9.17) is 5.11 Å². The molecule has 3 aromatic rings. The summed E-state index contributed by atoms with van der Waals surface area (Å²) in [4.78, 5) is 21.8. The molecule has 0 atom stereocenters. The molecule has 8 nitrogen and oxygen atoms in total. The number of aliphatic carboxylic acids is 1. The van der Waals surface area contributed by atoms with Crippen LogP contribution in [0.4, 0.5) is 19.0 Å². The lowest BCUT2D eigenvalue weighted by molar-refractivity contribution is -0.142. The van der Waals surface area contributed by atoms with Gasteiger partial charge in [-0.2, -0.15) is 18.3 Å². The van der Waals surface area contributed by atoms with Crippen LogP contribution in [0.3, 0.4) is 0 Å². The monoisotopic (exact) mass is 410 g/mol. The standard InChI is InChI=1S/C15H15N5O2.C3H6F3N/c21-15(22)9-2-5-20(6-3-9)14-12-10(8-18-19-14)7-17-13-11(12)1-4-16-13;1-7-2-3(4,5)6/h1,4,7-9,19H,2-3,5-6H2,(H,21,22);7H,2H2,1H3. The molecule has 29 heavy (non-hydrogen) atoms. The minimum atomic E-state index is -4.06. The normalized spacial score (nSPS) is 15.4. The number of pyridine rings is 1. The molecule has 1 aliphatic rings. The highest BCUT2D eigenvalue weighted by atomic mass is 19.4. The Bertz CT molecular complexity index is 983. The summed E-state index contributed by atoms with van der Waals surface area (Å²) in [7, 11) is 1.26. The molecule has 0 bridgehead atoms. The molecular weight excluding hydrogens is 389 g/mol. The number of piperidine rings is 1. The molecule has 11 heteroatoms. The highest BCUT2D eigenvalue weighted by Gasteiger charge is 2.26. The van der Waals surface area contributed by atoms with E-state index in [-0.39, 0.29) is 5.92 Å². The molecule has 0 spiro atoms. The van der Waals surface area contributed by atoms with Gasteiger partial charge in [0, 0.05) is 41.6 Å². The Morgan fingerprint density at radius 3 is 2.62 bits per heavy atom. The predicted octanol–water partition coefficient (Wildman–Crippen LogP) is 2.58. The van der Waals surface area contributed by atoms with Crippen molar-refractivity contribution in [3.63, 3.8) is 0 Å². The van der Waals surface area contributed by atoms with Crippen molar-refractivity contribution >= 4 is 33.6 Å². The molecule has 1 saturated heterocycles. The molecule has 0 unspecified atom stereocenters. The predicted molar refractivity (Wildman–Crippen MR) is 102 cm³/mol. The molecule has 0 saturated carbocycles. The summed E-state index contributed by atoms with van der Waals surface area (Å²) < 4.78 is 33.0. The largest absolute Gasteiger partial charge is 0.481 e. The average Bonchev–Trinajstić information content (AvgIpc) is 3.16. The van der Waals surface area contributed by atoms with E-state index >= 15 is 0 Å². The van der Waals surface area contributed by atoms with E-state index in [0.717, 1.165) is 22.0 Å². The highest BCUT2D eigenvalue weighted by Crippen LogP contribution is 2.32. The van der Waals surface area contributed by atoms with Crippen LogP contribution < -0.4 is 10.2 Å². The van der Waals surface area contributed by atoms with E-state index < -0.39 is 18.7 Å². The second-order valence-electron chi connectivity index (χ2n) is 6.73. The summed E-state index contributed by atoms with van der Waals surface area (Å²) in [6.45, 7) is 0.491. The third kappa shape index (κ3) is 4.91. The second kappa shape index (κ2) is 8.60. The number of hydrogen-bond acceptors (Lipinski definition) is 6. The summed E-state index contributed by atoms with van der Waals surface area (Å²) in [5, 5.41) is 21.4. The van der Waals surface area contributed by atoms with Crippen molar-refractivity contribution in [2.24, 2.45) is 5.92 Å². The maximum atomic E-state index is 11.1. The molecule has 0 amide bonds. The first-order valence-corrected chi connectivity index (χ1v) is 9.06. The number of alkyl halides is 3. The van der Waals surface area contributed by atoms with Gasteiger partial charge >= 0.3 is 12.1 Å². The van der Waals surface area contributed by atoms with Gasteiger partial charge in [-0.05, 0) is 26.0 Å². The van der Waals surface area contributed by atoms with Gasteiger partial charge in [-0.3, -0.25) is 9.89 Å². The van der Waals surface area contributed by atoms with Crippen molar-refractivity contribution in [1.29, 1.82) is 0 Å². The lowest BCUT2D eigenvalue weighted by atomic mass is 9.97. The minimum absolute atomic E-state index is 0.249. The van der Waals surface area contributed by atoms with E-state index in [0.29, 0.717) is 31.6 Å². The Balaban J connectivity index is 0.000000298. The van der Waals surface area contributed by atoms with Crippen LogP contribution in [0.2, 0.25) is 0 Å². The van der Waals surface area contributed by atoms with Crippen molar-refractivity contribution in [2.45, 2.75) is 19.0 Å². The fourth-order valence-electron chi connectivity index (χ4n) is 3.34. The number of nitrogens with zero attached hydrogens (tertiary/aromatic N) is 4. The smallest absolute Gasteiger partial charge is 0.401 e. The number of anilines is 1. The van der Waals surface area contributed by atoms with E-state index in [1.807, 2.05) is 11.4 Å². The number of fused-ring (bicyclic) bond motifs is 3. The van der Waals surface area contributed by atoms with Crippen LogP contribution >= 0.6 is 0 Å². The summed E-state index contributed by atoms with van der Waals surface area (Å²) in [5.74, 6) is -0.0327. The summed E-state index contributed by atoms with van der Waals surface area (Å²) in [6, 6.07) is 1.95. The number of carboxylic acid groups (broad SMARTS) is 1. The zero-order valence-corrected chi connectivity index (χ0v) is 15.7. The fourth-order valence-corrected chi connectivity index (χ4v) is 3.34. The Morgan fingerprint density at radius 2 is 2.03 bits per heavy atom. The third-order valence-electron chi connectivity index (χ3n) is 4.71. The molecular formula is C18H21F3N6O2. The van der Waals surface area contributed by atoms with Gasteiger partial charge in [-0.15, -0.1) is 0 Å². The van der Waals surface area contributed by atoms with Gasteiger partial charge in [0.05, 0.1) is 18.7 Å². The van der Waals surface area contributed by atoms with Gasteiger partial charge in [0.1, 0.15) is 5.82 Å². The number of aromatic amines is 1. The second-order valence-corrected chi connectivity index (χ2v) is 6.73. The number of rotatable bonds is 3. The zero-order valence-electron chi connectivity index (χ0n) is 15.7. The van der Waals surface area contributed by atoms with Crippen LogP contribution in [-0.4, -0.2) is 64.1 Å². The van der Waals surface area contributed by atoms with Gasteiger partial charge in [0.15, 0.2) is 5.65 Å². The van der Waals surface area contributed by atoms with Crippen molar-refractivity contribution in [2.75, 3.05) is 31.6 Å². The molecule has 3 N–H and O–H groups in total. The van der Waals surface area contributed by atoms with Crippen molar-refractivity contribution in [3.8, 4) is 0 Å². The number of hydrogen-bond donors (Lipinski definition) is 3. The van der Waals surface area contributed by atoms with Gasteiger partial charge in [0.2, 0.25) is 0 Å². The summed E-state index contributed by atoms with van der Waals surface area (Å²) in [5.41, 5.74) is 0.716. The molecule has 4 rings (SSSR count). The third-order valence-corrected chi connectivity index (χ3v) is 4.71. The van der Waals surface area contributed by atoms with Crippen LogP contribution in [0.15, 0.2) is 24.7 Å². The van der Waals surface area contributed by atoms with Crippen LogP contribution in [0.25, 0.3) is 21.8 Å². The molecule has 1 fully saturated rings. The number of halogens is 3. The average molecular weight is 410 g/mol. The Morgan fingerprint density at radius 1 is 1.31 bits per heavy atom. The van der Waals surface area contributed by atoms with Gasteiger partial charge in [-0.1, -0.05) is 0 Å². The van der Waals surface area contributed by atoms with E-state index in [1.165, 1.54) is 7.05 Å². The van der Waals surface area contributed by atoms with Crippen LogP contribution in [-0.2, 0) is 4.79 Å². The maximum Gasteiger partial charge on any atom is 0.401 e. The molecule has 3 aromatic heterocycles. The molecule has 4 heterocycles. The zero-order chi connectivity index (χ0) is 21.0. The van der Waals surface area contributed by atoms with Crippen LogP contribution in [0.1, 0.15) is 12.8 Å². The summed E-state index contributed by atoms with van der Waals surface area (Å²) in [6.07, 6.45) is 2.51. The first-order chi connectivity index (χ1) is 13.8. The Hall–Kier alpha value is -2.95. The number of carbonyl (C=O) groups is 1.